The largest absolute Gasteiger partial charge is 0.395 e. The highest BCUT2D eigenvalue weighted by Crippen LogP contribution is 2.32. The molecule has 1 aliphatic rings. The van der Waals surface area contributed by atoms with Crippen molar-refractivity contribution in [2.24, 2.45) is 0 Å². The van der Waals surface area contributed by atoms with E-state index < -0.39 is 11.1 Å². The van der Waals surface area contributed by atoms with Crippen molar-refractivity contribution in [2.75, 3.05) is 71.8 Å². The first-order valence-electron chi connectivity index (χ1n) is 20.9. The molecule has 4 aromatic carbocycles. The summed E-state index contributed by atoms with van der Waals surface area (Å²) in [6.07, 6.45) is 2.87. The molecule has 59 heavy (non-hydrogen) atoms. The second-order valence-electron chi connectivity index (χ2n) is 17.1. The van der Waals surface area contributed by atoms with E-state index in [1.165, 1.54) is 5.56 Å². The summed E-state index contributed by atoms with van der Waals surface area (Å²) in [6.45, 7) is 16.6. The molecular weight excluding hydrogens is 737 g/mol. The van der Waals surface area contributed by atoms with Crippen LogP contribution in [0.15, 0.2) is 109 Å². The standard InChI is InChI=1S/C24H32N2O2.C21H28N2O2.C5H12O/c1-6-24(25(4)5,18-19-10-8-7-9-11-19)22(27)20-12-14-21(15-13-20)26-16-17-28-23(26,2)3;1-4-21(23(2)3,16-17-8-6-5-7-9-17)20(25)18-10-12-19(13-11-18)22-14-15-24;1-5(2,3)6-4/h7-15H,6,16-18H2,1-5H3;5-13,22,24H,4,14-16H2,1-3H3;1-4H3. The summed E-state index contributed by atoms with van der Waals surface area (Å²) in [4.78, 5) is 33.3. The Morgan fingerprint density at radius 3 is 1.46 bits per heavy atom. The first-order chi connectivity index (χ1) is 27.9. The number of Topliss-reactive ketones (excluding diaryl/α,β-unsaturated/α-hetero) is 2. The molecule has 0 bridgehead atoms. The van der Waals surface area contributed by atoms with Gasteiger partial charge in [-0.3, -0.25) is 19.4 Å². The quantitative estimate of drug-likeness (QED) is 0.108. The Kier molecular flexibility index (Phi) is 18.5. The van der Waals surface area contributed by atoms with Gasteiger partial charge in [0.2, 0.25) is 0 Å². The van der Waals surface area contributed by atoms with Gasteiger partial charge in [0.05, 0.1) is 29.9 Å². The normalized spacial score (nSPS) is 15.6. The molecule has 0 radical (unpaired) electrons. The number of carbonyl (C=O) groups is 2. The Labute approximate surface area is 355 Å². The van der Waals surface area contributed by atoms with Gasteiger partial charge in [0.15, 0.2) is 11.6 Å². The third-order valence-corrected chi connectivity index (χ3v) is 11.5. The Hall–Kier alpha value is -4.38. The third-order valence-electron chi connectivity index (χ3n) is 11.5. The van der Waals surface area contributed by atoms with E-state index in [0.717, 1.165) is 48.5 Å². The molecule has 9 nitrogen and oxygen atoms in total. The molecule has 4 aromatic rings. The van der Waals surface area contributed by atoms with Crippen LogP contribution in [-0.2, 0) is 22.3 Å². The maximum Gasteiger partial charge on any atom is 0.183 e. The van der Waals surface area contributed by atoms with Gasteiger partial charge >= 0.3 is 0 Å². The number of methoxy groups -OCH3 is 1. The van der Waals surface area contributed by atoms with Crippen molar-refractivity contribution in [3.63, 3.8) is 0 Å². The fourth-order valence-electron chi connectivity index (χ4n) is 7.40. The summed E-state index contributed by atoms with van der Waals surface area (Å²) in [7, 11) is 9.66. The van der Waals surface area contributed by atoms with Crippen molar-refractivity contribution >= 4 is 22.9 Å². The molecule has 322 valence electrons. The van der Waals surface area contributed by atoms with Crippen molar-refractivity contribution in [1.82, 2.24) is 9.80 Å². The van der Waals surface area contributed by atoms with Crippen LogP contribution in [0.2, 0.25) is 0 Å². The molecule has 0 aliphatic carbocycles. The second kappa shape index (κ2) is 22.3. The van der Waals surface area contributed by atoms with Gasteiger partial charge in [0.25, 0.3) is 0 Å². The topological polar surface area (TPSA) is 94.6 Å². The number of aliphatic hydroxyl groups is 1. The molecule has 5 rings (SSSR count). The fourth-order valence-corrected chi connectivity index (χ4v) is 7.40. The fraction of sp³-hybridized carbons (Fsp3) is 0.480. The zero-order chi connectivity index (χ0) is 43.9. The highest BCUT2D eigenvalue weighted by molar-refractivity contribution is 6.04. The summed E-state index contributed by atoms with van der Waals surface area (Å²) in [5.41, 5.74) is 4.41. The number of anilines is 2. The lowest BCUT2D eigenvalue weighted by molar-refractivity contribution is 0.0383. The average molecular weight is 809 g/mol. The number of ether oxygens (including phenoxy) is 2. The van der Waals surface area contributed by atoms with Crippen molar-refractivity contribution in [3.05, 3.63) is 131 Å². The number of nitrogens with zero attached hydrogens (tertiary/aromatic N) is 3. The van der Waals surface area contributed by atoms with E-state index in [2.05, 4.69) is 67.1 Å². The van der Waals surface area contributed by atoms with Crippen LogP contribution in [0.1, 0.15) is 93.2 Å². The van der Waals surface area contributed by atoms with Crippen LogP contribution in [0.3, 0.4) is 0 Å². The van der Waals surface area contributed by atoms with Crippen LogP contribution >= 0.6 is 0 Å². The highest BCUT2D eigenvalue weighted by Gasteiger charge is 2.41. The predicted octanol–water partition coefficient (Wildman–Crippen LogP) is 9.05. The number of rotatable bonds is 16. The van der Waals surface area contributed by atoms with Gasteiger partial charge in [-0.2, -0.15) is 0 Å². The lowest BCUT2D eigenvalue weighted by atomic mass is 9.80. The van der Waals surface area contributed by atoms with Crippen molar-refractivity contribution in [1.29, 1.82) is 0 Å². The monoisotopic (exact) mass is 809 g/mol. The highest BCUT2D eigenvalue weighted by atomic mass is 16.5. The molecule has 9 heteroatoms. The van der Waals surface area contributed by atoms with Crippen LogP contribution in [0, 0.1) is 0 Å². The summed E-state index contributed by atoms with van der Waals surface area (Å²) >= 11 is 0. The molecular formula is C50H72N4O5. The smallest absolute Gasteiger partial charge is 0.183 e. The summed E-state index contributed by atoms with van der Waals surface area (Å²) in [5, 5.41) is 12.0. The van der Waals surface area contributed by atoms with Gasteiger partial charge in [-0.1, -0.05) is 74.5 Å². The minimum Gasteiger partial charge on any atom is -0.395 e. The number of hydrogen-bond donors (Lipinski definition) is 2. The molecule has 1 saturated heterocycles. The second-order valence-corrected chi connectivity index (χ2v) is 17.1. The Balaban J connectivity index is 0.000000279. The predicted molar refractivity (Wildman–Crippen MR) is 245 cm³/mol. The maximum absolute atomic E-state index is 13.6. The molecule has 1 heterocycles. The number of carbonyl (C=O) groups excluding carboxylic acids is 2. The summed E-state index contributed by atoms with van der Waals surface area (Å²) < 4.78 is 10.7. The van der Waals surface area contributed by atoms with Crippen LogP contribution in [0.4, 0.5) is 11.4 Å². The lowest BCUT2D eigenvalue weighted by Gasteiger charge is -2.38. The number of likely N-dealkylation sites (N-methyl/N-ethyl adjacent to an activating group) is 2. The van der Waals surface area contributed by atoms with Crippen LogP contribution < -0.4 is 10.2 Å². The summed E-state index contributed by atoms with van der Waals surface area (Å²) in [6, 6.07) is 35.9. The lowest BCUT2D eigenvalue weighted by Crippen LogP contribution is -2.52. The molecule has 2 unspecified atom stereocenters. The third kappa shape index (κ3) is 13.3. The molecule has 0 saturated carbocycles. The minimum atomic E-state index is -0.568. The van der Waals surface area contributed by atoms with E-state index in [4.69, 9.17) is 14.6 Å². The average Bonchev–Trinajstić information content (AvgIpc) is 3.60. The van der Waals surface area contributed by atoms with Crippen molar-refractivity contribution in [3.8, 4) is 0 Å². The SMILES string of the molecule is CCC(Cc1ccccc1)(C(=O)c1ccc(N2CCOC2(C)C)cc1)N(C)C.CCC(Cc1ccccc1)(C(=O)c1ccc(NCCO)cc1)N(C)C.COC(C)(C)C. The minimum absolute atomic E-state index is 0.0417. The van der Waals surface area contributed by atoms with E-state index in [-0.39, 0.29) is 29.5 Å². The number of benzene rings is 4. The number of hydrogen-bond acceptors (Lipinski definition) is 9. The van der Waals surface area contributed by atoms with Gasteiger partial charge in [-0.05, 0) is 148 Å². The van der Waals surface area contributed by atoms with Gasteiger partial charge in [-0.15, -0.1) is 0 Å². The van der Waals surface area contributed by atoms with E-state index in [0.29, 0.717) is 24.9 Å². The van der Waals surface area contributed by atoms with E-state index >= 15 is 0 Å². The number of ketones is 2. The van der Waals surface area contributed by atoms with E-state index in [1.54, 1.807) is 7.11 Å². The van der Waals surface area contributed by atoms with Gasteiger partial charge in [0.1, 0.15) is 5.72 Å². The first kappa shape index (κ1) is 49.0. The van der Waals surface area contributed by atoms with Crippen LogP contribution in [-0.4, -0.2) is 110 Å². The molecule has 0 amide bonds. The molecule has 0 aromatic heterocycles. The maximum atomic E-state index is 13.6. The zero-order valence-corrected chi connectivity index (χ0v) is 38.0. The van der Waals surface area contributed by atoms with Crippen molar-refractivity contribution in [2.45, 2.75) is 96.6 Å². The molecule has 2 N–H and O–H groups in total. The molecule has 1 aliphatic heterocycles. The number of aliphatic hydroxyl groups excluding tert-OH is 1. The van der Waals surface area contributed by atoms with Crippen molar-refractivity contribution < 1.29 is 24.2 Å². The molecule has 0 spiro atoms. The van der Waals surface area contributed by atoms with Gasteiger partial charge in [-0.25, -0.2) is 0 Å². The summed E-state index contributed by atoms with van der Waals surface area (Å²) in [5.74, 6) is 0.310. The Morgan fingerprint density at radius 1 is 0.729 bits per heavy atom. The van der Waals surface area contributed by atoms with Crippen LogP contribution in [0.25, 0.3) is 0 Å². The van der Waals surface area contributed by atoms with Crippen LogP contribution in [0.5, 0.6) is 0 Å². The Morgan fingerprint density at radius 2 is 1.14 bits per heavy atom. The van der Waals surface area contributed by atoms with Gasteiger partial charge < -0.3 is 24.8 Å². The van der Waals surface area contributed by atoms with E-state index in [1.807, 2.05) is 139 Å². The first-order valence-corrected chi connectivity index (χ1v) is 20.9. The molecule has 2 atom stereocenters. The Bertz CT molecular complexity index is 1840. The number of nitrogens with one attached hydrogen (secondary N) is 1. The molecule has 1 fully saturated rings. The van der Waals surface area contributed by atoms with E-state index in [9.17, 15) is 9.59 Å². The zero-order valence-electron chi connectivity index (χ0n) is 38.0. The van der Waals surface area contributed by atoms with Gasteiger partial charge in [0, 0.05) is 42.7 Å².